The Hall–Kier alpha value is -3.82. The minimum atomic E-state index is -0.515. The predicted molar refractivity (Wildman–Crippen MR) is 115 cm³/mol. The van der Waals surface area contributed by atoms with E-state index in [0.29, 0.717) is 11.4 Å². The third kappa shape index (κ3) is 3.59. The van der Waals surface area contributed by atoms with Crippen LogP contribution in [0, 0.1) is 22.8 Å². The minimum Gasteiger partial charge on any atom is -0.397 e. The van der Waals surface area contributed by atoms with Crippen LogP contribution in [0.4, 0.5) is 17.3 Å². The van der Waals surface area contributed by atoms with Crippen molar-refractivity contribution in [2.24, 2.45) is 4.99 Å². The molecule has 0 radical (unpaired) electrons. The Bertz CT molecular complexity index is 1070. The maximum absolute atomic E-state index is 9.50. The monoisotopic (exact) mass is 401 g/mol. The van der Waals surface area contributed by atoms with Gasteiger partial charge >= 0.3 is 0 Å². The number of nitrogens with one attached hydrogen (secondary N) is 2. The molecule has 1 aromatic carbocycles. The minimum absolute atomic E-state index is 0.0415. The zero-order valence-corrected chi connectivity index (χ0v) is 16.5. The van der Waals surface area contributed by atoms with Crippen molar-refractivity contribution in [2.45, 2.75) is 31.8 Å². The van der Waals surface area contributed by atoms with Crippen molar-refractivity contribution in [3.8, 4) is 12.3 Å². The maximum atomic E-state index is 9.50. The van der Waals surface area contributed by atoms with Crippen molar-refractivity contribution in [3.05, 3.63) is 46.5 Å². The lowest BCUT2D eigenvalue weighted by Gasteiger charge is -2.30. The third-order valence-corrected chi connectivity index (χ3v) is 5.55. The molecule has 152 valence electrons. The van der Waals surface area contributed by atoms with Crippen molar-refractivity contribution in [2.75, 3.05) is 29.9 Å². The first kappa shape index (κ1) is 19.5. The van der Waals surface area contributed by atoms with Gasteiger partial charge < -0.3 is 16.8 Å². The van der Waals surface area contributed by atoms with Crippen LogP contribution in [0.1, 0.15) is 47.6 Å². The summed E-state index contributed by atoms with van der Waals surface area (Å²) < 4.78 is 0. The quantitative estimate of drug-likeness (QED) is 0.450. The standard InChI is InChI=1S/C21H23N9/c22-10-15-17(24)16-18(27-21(26-12-23)29-20(16)28-19(15)25)14-7-3-2-6-13(14)11-30-8-4-1-5-9-30/h2-3,6-7,18H,1,4-5,8-9,11H2,(H6,24,25,26,27,28,29). The molecule has 9 heteroatoms. The van der Waals surface area contributed by atoms with Crippen LogP contribution in [0.25, 0.3) is 0 Å². The van der Waals surface area contributed by atoms with Crippen molar-refractivity contribution in [1.29, 1.82) is 10.5 Å². The van der Waals surface area contributed by atoms with Gasteiger partial charge in [0.2, 0.25) is 5.96 Å². The summed E-state index contributed by atoms with van der Waals surface area (Å²) in [4.78, 5) is 11.4. The number of aromatic nitrogens is 1. The van der Waals surface area contributed by atoms with Gasteiger partial charge in [-0.3, -0.25) is 10.2 Å². The van der Waals surface area contributed by atoms with Gasteiger partial charge in [-0.25, -0.2) is 9.98 Å². The highest BCUT2D eigenvalue weighted by Gasteiger charge is 2.31. The van der Waals surface area contributed by atoms with Crippen LogP contribution in [0.2, 0.25) is 0 Å². The number of aliphatic imine (C=N–C) groups is 1. The van der Waals surface area contributed by atoms with Gasteiger partial charge in [0.25, 0.3) is 0 Å². The van der Waals surface area contributed by atoms with E-state index in [1.54, 1.807) is 0 Å². The van der Waals surface area contributed by atoms with Crippen LogP contribution in [-0.2, 0) is 6.54 Å². The highest BCUT2D eigenvalue weighted by Crippen LogP contribution is 2.41. The van der Waals surface area contributed by atoms with Gasteiger partial charge in [-0.05, 0) is 37.1 Å². The van der Waals surface area contributed by atoms with Gasteiger partial charge in [-0.15, -0.1) is 0 Å². The number of hydrogen-bond donors (Lipinski definition) is 4. The van der Waals surface area contributed by atoms with Gasteiger partial charge in [0.05, 0.1) is 5.69 Å². The zero-order valence-electron chi connectivity index (χ0n) is 16.5. The van der Waals surface area contributed by atoms with E-state index < -0.39 is 6.04 Å². The highest BCUT2D eigenvalue weighted by molar-refractivity contribution is 5.98. The number of guanidine groups is 1. The topological polar surface area (TPSA) is 152 Å². The molecule has 0 aliphatic carbocycles. The third-order valence-electron chi connectivity index (χ3n) is 5.55. The molecule has 6 N–H and O–H groups in total. The molecule has 30 heavy (non-hydrogen) atoms. The number of nitrogens with zero attached hydrogens (tertiary/aromatic N) is 5. The molecule has 0 saturated carbocycles. The lowest BCUT2D eigenvalue weighted by atomic mass is 9.91. The van der Waals surface area contributed by atoms with E-state index >= 15 is 0 Å². The summed E-state index contributed by atoms with van der Waals surface area (Å²) in [6, 6.07) is 9.58. The van der Waals surface area contributed by atoms with Gasteiger partial charge in [0, 0.05) is 12.1 Å². The average molecular weight is 401 g/mol. The summed E-state index contributed by atoms with van der Waals surface area (Å²) in [6.45, 7) is 2.94. The number of nitrogens with two attached hydrogens (primary N) is 2. The zero-order chi connectivity index (χ0) is 21.1. The first-order valence-corrected chi connectivity index (χ1v) is 9.91. The van der Waals surface area contributed by atoms with Gasteiger partial charge in [-0.1, -0.05) is 30.7 Å². The number of benzene rings is 1. The van der Waals surface area contributed by atoms with Gasteiger partial charge in [-0.2, -0.15) is 10.5 Å². The van der Waals surface area contributed by atoms with E-state index in [9.17, 15) is 5.26 Å². The molecule has 4 rings (SSSR count). The van der Waals surface area contributed by atoms with Crippen LogP contribution < -0.4 is 22.1 Å². The predicted octanol–water partition coefficient (Wildman–Crippen LogP) is 2.05. The SMILES string of the molecule is N#CNC1=NC(c2ccccc2CN2CCCCC2)c2c(nc(N)c(C#N)c2N)N1. The number of hydrogen-bond acceptors (Lipinski definition) is 9. The van der Waals surface area contributed by atoms with Crippen LogP contribution in [0.5, 0.6) is 0 Å². The Kier molecular flexibility index (Phi) is 5.38. The second-order valence-corrected chi connectivity index (χ2v) is 7.44. The van der Waals surface area contributed by atoms with Crippen LogP contribution >= 0.6 is 0 Å². The maximum Gasteiger partial charge on any atom is 0.211 e. The summed E-state index contributed by atoms with van der Waals surface area (Å²) in [5.74, 6) is 0.702. The molecular formula is C21H23N9. The van der Waals surface area contributed by atoms with Gasteiger partial charge in [0.1, 0.15) is 29.3 Å². The molecule has 1 fully saturated rings. The number of rotatable bonds is 3. The fourth-order valence-corrected chi connectivity index (χ4v) is 4.11. The van der Waals surface area contributed by atoms with E-state index in [0.717, 1.165) is 30.8 Å². The van der Waals surface area contributed by atoms with Crippen molar-refractivity contribution >= 4 is 23.3 Å². The summed E-state index contributed by atoms with van der Waals surface area (Å²) in [7, 11) is 0. The summed E-state index contributed by atoms with van der Waals surface area (Å²) in [5.41, 5.74) is 15.4. The Balaban J connectivity index is 1.83. The molecule has 2 aromatic rings. The first-order valence-electron chi connectivity index (χ1n) is 9.91. The first-order chi connectivity index (χ1) is 14.6. The van der Waals surface area contributed by atoms with E-state index in [2.05, 4.69) is 31.6 Å². The highest BCUT2D eigenvalue weighted by atomic mass is 15.2. The number of anilines is 3. The van der Waals surface area contributed by atoms with Crippen molar-refractivity contribution in [1.82, 2.24) is 15.2 Å². The number of nitriles is 2. The fourth-order valence-electron chi connectivity index (χ4n) is 4.11. The second-order valence-electron chi connectivity index (χ2n) is 7.44. The molecule has 1 saturated heterocycles. The molecule has 1 unspecified atom stereocenters. The molecule has 2 aliphatic heterocycles. The normalized spacial score (nSPS) is 18.3. The van der Waals surface area contributed by atoms with Crippen LogP contribution in [0.15, 0.2) is 29.3 Å². The summed E-state index contributed by atoms with van der Waals surface area (Å²) >= 11 is 0. The van der Waals surface area contributed by atoms with E-state index in [1.807, 2.05) is 30.5 Å². The molecule has 3 heterocycles. The molecule has 0 spiro atoms. The fraction of sp³-hybridized carbons (Fsp3) is 0.333. The number of piperidine rings is 1. The Morgan fingerprint density at radius 1 is 1.17 bits per heavy atom. The van der Waals surface area contributed by atoms with Crippen molar-refractivity contribution < 1.29 is 0 Å². The number of fused-ring (bicyclic) bond motifs is 1. The smallest absolute Gasteiger partial charge is 0.211 e. The molecule has 9 nitrogen and oxygen atoms in total. The van der Waals surface area contributed by atoms with Crippen LogP contribution in [0.3, 0.4) is 0 Å². The summed E-state index contributed by atoms with van der Waals surface area (Å²) in [6.07, 6.45) is 5.56. The molecule has 1 atom stereocenters. The van der Waals surface area contributed by atoms with Gasteiger partial charge in [0.15, 0.2) is 6.19 Å². The Morgan fingerprint density at radius 3 is 2.67 bits per heavy atom. The molecule has 0 bridgehead atoms. The molecular weight excluding hydrogens is 378 g/mol. The molecule has 0 amide bonds. The van der Waals surface area contributed by atoms with E-state index in [1.165, 1.54) is 19.3 Å². The lowest BCUT2D eigenvalue weighted by Crippen LogP contribution is -2.33. The Morgan fingerprint density at radius 2 is 1.93 bits per heavy atom. The largest absolute Gasteiger partial charge is 0.397 e. The Labute approximate surface area is 175 Å². The van der Waals surface area contributed by atoms with E-state index in [-0.39, 0.29) is 23.0 Å². The number of likely N-dealkylation sites (tertiary alicyclic amines) is 1. The van der Waals surface area contributed by atoms with E-state index in [4.69, 9.17) is 16.7 Å². The number of pyridine rings is 1. The second kappa shape index (κ2) is 8.27. The van der Waals surface area contributed by atoms with Crippen LogP contribution in [-0.4, -0.2) is 28.9 Å². The average Bonchev–Trinajstić information content (AvgIpc) is 2.75. The molecule has 2 aliphatic rings. The van der Waals surface area contributed by atoms with Crippen molar-refractivity contribution in [3.63, 3.8) is 0 Å². The summed E-state index contributed by atoms with van der Waals surface area (Å²) in [5, 5.41) is 24.1. The lowest BCUT2D eigenvalue weighted by molar-refractivity contribution is 0.220. The number of nitrogen functional groups attached to an aromatic ring is 2. The molecule has 1 aromatic heterocycles.